The molecule has 1 aliphatic heterocycles. The molecule has 0 amide bonds. The summed E-state index contributed by atoms with van der Waals surface area (Å²) in [4.78, 5) is 10.6. The van der Waals surface area contributed by atoms with Crippen LogP contribution in [-0.4, -0.2) is 11.5 Å². The van der Waals surface area contributed by atoms with Crippen molar-refractivity contribution in [3.63, 3.8) is 0 Å². The van der Waals surface area contributed by atoms with Gasteiger partial charge in [-0.05, 0) is 36.1 Å². The lowest BCUT2D eigenvalue weighted by Gasteiger charge is -2.28. The number of nitrogens with two attached hydrogens (primary N) is 1. The van der Waals surface area contributed by atoms with Gasteiger partial charge in [0.15, 0.2) is 0 Å². The van der Waals surface area contributed by atoms with Crippen molar-refractivity contribution in [1.29, 1.82) is 0 Å². The lowest BCUT2D eigenvalue weighted by molar-refractivity contribution is -0.384. The highest BCUT2D eigenvalue weighted by Gasteiger charge is 2.25. The van der Waals surface area contributed by atoms with Gasteiger partial charge in [0, 0.05) is 23.9 Å². The minimum Gasteiger partial charge on any atom is -0.398 e. The summed E-state index contributed by atoms with van der Waals surface area (Å²) >= 11 is 0. The number of nitrogen functional groups attached to an aromatic ring is 1. The second-order valence-electron chi connectivity index (χ2n) is 5.31. The molecular formula is C16H17N3O2. The summed E-state index contributed by atoms with van der Waals surface area (Å²) < 4.78 is 0. The van der Waals surface area contributed by atoms with Crippen LogP contribution < -0.4 is 11.1 Å². The average Bonchev–Trinajstić information content (AvgIpc) is 2.48. The fourth-order valence-electron chi connectivity index (χ4n) is 2.96. The number of hydrogen-bond acceptors (Lipinski definition) is 4. The van der Waals surface area contributed by atoms with E-state index >= 15 is 0 Å². The molecule has 1 unspecified atom stereocenters. The molecule has 0 saturated heterocycles. The van der Waals surface area contributed by atoms with E-state index in [1.807, 2.05) is 18.2 Å². The quantitative estimate of drug-likeness (QED) is 0.515. The average molecular weight is 283 g/mol. The summed E-state index contributed by atoms with van der Waals surface area (Å²) in [5, 5.41) is 14.4. The Bertz CT molecular complexity index is 671. The Morgan fingerprint density at radius 3 is 2.76 bits per heavy atom. The highest BCUT2D eigenvalue weighted by molar-refractivity contribution is 5.60. The first-order chi connectivity index (χ1) is 10.1. The molecule has 5 heteroatoms. The van der Waals surface area contributed by atoms with Gasteiger partial charge in [-0.15, -0.1) is 0 Å². The number of nitro benzene ring substituents is 1. The SMILES string of the molecule is Nc1cc([N+](=O)[O-])cc2c1C(Cc1ccccc1)NCC2. The molecule has 0 saturated carbocycles. The molecule has 5 nitrogen and oxygen atoms in total. The summed E-state index contributed by atoms with van der Waals surface area (Å²) in [5.74, 6) is 0. The Balaban J connectivity index is 1.96. The molecule has 0 radical (unpaired) electrons. The van der Waals surface area contributed by atoms with E-state index in [0.29, 0.717) is 5.69 Å². The van der Waals surface area contributed by atoms with E-state index in [4.69, 9.17) is 5.73 Å². The number of benzene rings is 2. The molecule has 3 rings (SSSR count). The first-order valence-corrected chi connectivity index (χ1v) is 6.99. The van der Waals surface area contributed by atoms with E-state index in [1.165, 1.54) is 11.6 Å². The van der Waals surface area contributed by atoms with Crippen LogP contribution in [0.3, 0.4) is 0 Å². The Morgan fingerprint density at radius 2 is 2.05 bits per heavy atom. The fraction of sp³-hybridized carbons (Fsp3) is 0.250. The van der Waals surface area contributed by atoms with Crippen LogP contribution in [0.4, 0.5) is 11.4 Å². The van der Waals surface area contributed by atoms with Crippen molar-refractivity contribution in [2.24, 2.45) is 0 Å². The molecule has 0 fully saturated rings. The molecule has 0 aliphatic carbocycles. The summed E-state index contributed by atoms with van der Waals surface area (Å²) in [7, 11) is 0. The predicted octanol–water partition coefficient (Wildman–Crippen LogP) is 2.61. The predicted molar refractivity (Wildman–Crippen MR) is 82.1 cm³/mol. The van der Waals surface area contributed by atoms with Gasteiger partial charge in [-0.25, -0.2) is 0 Å². The Morgan fingerprint density at radius 1 is 1.29 bits per heavy atom. The van der Waals surface area contributed by atoms with Crippen LogP contribution in [-0.2, 0) is 12.8 Å². The molecule has 21 heavy (non-hydrogen) atoms. The summed E-state index contributed by atoms with van der Waals surface area (Å²) in [6, 6.07) is 13.4. The molecule has 3 N–H and O–H groups in total. The highest BCUT2D eigenvalue weighted by atomic mass is 16.6. The zero-order valence-corrected chi connectivity index (χ0v) is 11.6. The van der Waals surface area contributed by atoms with Crippen molar-refractivity contribution in [1.82, 2.24) is 5.32 Å². The number of hydrogen-bond donors (Lipinski definition) is 2. The largest absolute Gasteiger partial charge is 0.398 e. The molecule has 1 heterocycles. The zero-order chi connectivity index (χ0) is 14.8. The van der Waals surface area contributed by atoms with E-state index in [9.17, 15) is 10.1 Å². The van der Waals surface area contributed by atoms with Crippen LogP contribution in [0, 0.1) is 10.1 Å². The van der Waals surface area contributed by atoms with Crippen molar-refractivity contribution in [2.45, 2.75) is 18.9 Å². The molecule has 0 spiro atoms. The van der Waals surface area contributed by atoms with Gasteiger partial charge in [0.2, 0.25) is 0 Å². The van der Waals surface area contributed by atoms with Gasteiger partial charge >= 0.3 is 0 Å². The molecule has 2 aromatic rings. The highest BCUT2D eigenvalue weighted by Crippen LogP contribution is 2.34. The maximum atomic E-state index is 10.9. The van der Waals surface area contributed by atoms with Crippen LogP contribution in [0.2, 0.25) is 0 Å². The number of nitro groups is 1. The normalized spacial score (nSPS) is 17.2. The molecule has 108 valence electrons. The number of anilines is 1. The van der Waals surface area contributed by atoms with Gasteiger partial charge < -0.3 is 11.1 Å². The van der Waals surface area contributed by atoms with E-state index in [2.05, 4.69) is 17.4 Å². The summed E-state index contributed by atoms with van der Waals surface area (Å²) in [6.07, 6.45) is 1.60. The maximum Gasteiger partial charge on any atom is 0.271 e. The summed E-state index contributed by atoms with van der Waals surface area (Å²) in [5.41, 5.74) is 9.88. The third-order valence-corrected chi connectivity index (χ3v) is 3.91. The van der Waals surface area contributed by atoms with Crippen LogP contribution in [0.15, 0.2) is 42.5 Å². The Kier molecular flexibility index (Phi) is 3.58. The van der Waals surface area contributed by atoms with E-state index in [0.717, 1.165) is 30.5 Å². The third kappa shape index (κ3) is 2.73. The minimum absolute atomic E-state index is 0.0756. The number of nitrogens with one attached hydrogen (secondary N) is 1. The molecule has 1 aliphatic rings. The first-order valence-electron chi connectivity index (χ1n) is 6.99. The van der Waals surface area contributed by atoms with Crippen molar-refractivity contribution < 1.29 is 4.92 Å². The van der Waals surface area contributed by atoms with E-state index in [1.54, 1.807) is 6.07 Å². The lowest BCUT2D eigenvalue weighted by atomic mass is 9.88. The second kappa shape index (κ2) is 5.54. The molecular weight excluding hydrogens is 266 g/mol. The third-order valence-electron chi connectivity index (χ3n) is 3.91. The number of nitrogens with zero attached hydrogens (tertiary/aromatic N) is 1. The van der Waals surface area contributed by atoms with E-state index in [-0.39, 0.29) is 16.7 Å². The van der Waals surface area contributed by atoms with Gasteiger partial charge in [0.25, 0.3) is 5.69 Å². The van der Waals surface area contributed by atoms with Gasteiger partial charge in [-0.3, -0.25) is 10.1 Å². The van der Waals surface area contributed by atoms with Crippen LogP contribution in [0.5, 0.6) is 0 Å². The Hall–Kier alpha value is -2.40. The van der Waals surface area contributed by atoms with E-state index < -0.39 is 0 Å². The molecule has 1 atom stereocenters. The van der Waals surface area contributed by atoms with Gasteiger partial charge in [-0.1, -0.05) is 30.3 Å². The Labute approximate surface area is 122 Å². The maximum absolute atomic E-state index is 10.9. The smallest absolute Gasteiger partial charge is 0.271 e. The van der Waals surface area contributed by atoms with Crippen molar-refractivity contribution in [3.8, 4) is 0 Å². The lowest BCUT2D eigenvalue weighted by Crippen LogP contribution is -2.32. The molecule has 0 bridgehead atoms. The van der Waals surface area contributed by atoms with Crippen molar-refractivity contribution in [3.05, 3.63) is 69.3 Å². The monoisotopic (exact) mass is 283 g/mol. The van der Waals surface area contributed by atoms with Gasteiger partial charge in [0.05, 0.1) is 4.92 Å². The minimum atomic E-state index is -0.384. The van der Waals surface area contributed by atoms with Crippen molar-refractivity contribution in [2.75, 3.05) is 12.3 Å². The first kappa shape index (κ1) is 13.6. The number of rotatable bonds is 3. The van der Waals surface area contributed by atoms with Gasteiger partial charge in [-0.2, -0.15) is 0 Å². The standard InChI is InChI=1S/C16H17N3O2/c17-14-10-13(19(20)21)9-12-6-7-18-15(16(12)14)8-11-4-2-1-3-5-11/h1-5,9-10,15,18H,6-8,17H2. The van der Waals surface area contributed by atoms with Crippen LogP contribution >= 0.6 is 0 Å². The zero-order valence-electron chi connectivity index (χ0n) is 11.6. The van der Waals surface area contributed by atoms with Gasteiger partial charge in [0.1, 0.15) is 0 Å². The molecule has 2 aromatic carbocycles. The second-order valence-corrected chi connectivity index (χ2v) is 5.31. The number of fused-ring (bicyclic) bond motifs is 1. The van der Waals surface area contributed by atoms with Crippen LogP contribution in [0.1, 0.15) is 22.7 Å². The topological polar surface area (TPSA) is 81.2 Å². The number of non-ortho nitro benzene ring substituents is 1. The van der Waals surface area contributed by atoms with Crippen LogP contribution in [0.25, 0.3) is 0 Å². The summed E-state index contributed by atoms with van der Waals surface area (Å²) in [6.45, 7) is 0.811. The molecule has 0 aromatic heterocycles. The fourth-order valence-corrected chi connectivity index (χ4v) is 2.96. The van der Waals surface area contributed by atoms with Crippen molar-refractivity contribution >= 4 is 11.4 Å².